The van der Waals surface area contributed by atoms with Gasteiger partial charge in [0.05, 0.1) is 21.5 Å². The van der Waals surface area contributed by atoms with Crippen molar-refractivity contribution in [3.63, 3.8) is 0 Å². The van der Waals surface area contributed by atoms with Crippen LogP contribution < -0.4 is 5.32 Å². The number of hydrogen-bond acceptors (Lipinski definition) is 3. The van der Waals surface area contributed by atoms with E-state index in [-0.39, 0.29) is 5.60 Å². The maximum absolute atomic E-state index is 6.07. The zero-order chi connectivity index (χ0) is 14.0. The average Bonchev–Trinajstić information content (AvgIpc) is 2.62. The first-order chi connectivity index (χ1) is 8.98. The first kappa shape index (κ1) is 15.0. The lowest BCUT2D eigenvalue weighted by Gasteiger charge is -2.40. The highest BCUT2D eigenvalue weighted by atomic mass is 79.9. The molecule has 2 heterocycles. The van der Waals surface area contributed by atoms with Gasteiger partial charge in [-0.25, -0.2) is 0 Å². The van der Waals surface area contributed by atoms with Crippen LogP contribution in [0.5, 0.6) is 0 Å². The molecule has 1 aromatic heterocycles. The van der Waals surface area contributed by atoms with E-state index in [0.717, 1.165) is 29.6 Å². The Balaban J connectivity index is 2.18. The van der Waals surface area contributed by atoms with Gasteiger partial charge in [-0.1, -0.05) is 0 Å². The Morgan fingerprint density at radius 2 is 2.26 bits per heavy atom. The summed E-state index contributed by atoms with van der Waals surface area (Å²) in [7, 11) is 4.02. The van der Waals surface area contributed by atoms with Crippen molar-refractivity contribution in [2.24, 2.45) is 7.05 Å². The molecule has 2 atom stereocenters. The number of rotatable bonds is 4. The molecule has 19 heavy (non-hydrogen) atoms. The molecule has 0 spiro atoms. The Labute approximate surface area is 124 Å². The third-order valence-corrected chi connectivity index (χ3v) is 5.28. The monoisotopic (exact) mass is 329 g/mol. The van der Waals surface area contributed by atoms with Gasteiger partial charge in [-0.3, -0.25) is 4.68 Å². The molecule has 2 unspecified atom stereocenters. The number of nitrogens with one attached hydrogen (secondary N) is 1. The summed E-state index contributed by atoms with van der Waals surface area (Å²) < 4.78 is 9.16. The van der Waals surface area contributed by atoms with Gasteiger partial charge in [0.2, 0.25) is 0 Å². The van der Waals surface area contributed by atoms with E-state index in [0.29, 0.717) is 6.04 Å². The number of aryl methyl sites for hydroxylation is 2. The minimum Gasteiger partial charge on any atom is -0.374 e. The molecule has 0 bridgehead atoms. The van der Waals surface area contributed by atoms with Crippen LogP contribution in [-0.4, -0.2) is 35.1 Å². The van der Waals surface area contributed by atoms with E-state index in [9.17, 15) is 0 Å². The Bertz CT molecular complexity index is 438. The summed E-state index contributed by atoms with van der Waals surface area (Å²) in [5.74, 6) is 0. The van der Waals surface area contributed by atoms with Crippen LogP contribution in [0.1, 0.15) is 37.6 Å². The molecule has 108 valence electrons. The van der Waals surface area contributed by atoms with Crippen molar-refractivity contribution < 1.29 is 4.74 Å². The molecule has 1 aromatic rings. The molecular formula is C14H24BrN3O. The van der Waals surface area contributed by atoms with Crippen molar-refractivity contribution in [3.05, 3.63) is 15.9 Å². The van der Waals surface area contributed by atoms with Gasteiger partial charge in [0.1, 0.15) is 0 Å². The number of halogens is 1. The smallest absolute Gasteiger partial charge is 0.0810 e. The molecule has 0 amide bonds. The molecule has 0 radical (unpaired) electrons. The fourth-order valence-corrected chi connectivity index (χ4v) is 3.45. The lowest BCUT2D eigenvalue weighted by Crippen LogP contribution is -2.52. The Hall–Kier alpha value is -0.390. The van der Waals surface area contributed by atoms with E-state index in [1.54, 1.807) is 0 Å². The van der Waals surface area contributed by atoms with Crippen LogP contribution in [-0.2, 0) is 18.2 Å². The lowest BCUT2D eigenvalue weighted by atomic mass is 9.85. The van der Waals surface area contributed by atoms with Gasteiger partial charge in [0, 0.05) is 26.1 Å². The number of nitrogens with zero attached hydrogens (tertiary/aromatic N) is 2. The van der Waals surface area contributed by atoms with Crippen LogP contribution in [0.3, 0.4) is 0 Å². The minimum atomic E-state index is -0.0788. The molecule has 1 N–H and O–H groups in total. The van der Waals surface area contributed by atoms with Crippen molar-refractivity contribution in [2.75, 3.05) is 13.7 Å². The standard InChI is InChI=1S/C14H24BrN3O/c1-10-13(15)11(18(4)17-10)9-12(16-3)14(2)7-5-6-8-19-14/h12,16H,5-9H2,1-4H3. The molecule has 1 aliphatic rings. The lowest BCUT2D eigenvalue weighted by molar-refractivity contribution is -0.0873. The van der Waals surface area contributed by atoms with Crippen molar-refractivity contribution in [3.8, 4) is 0 Å². The summed E-state index contributed by atoms with van der Waals surface area (Å²) in [5, 5.41) is 7.90. The van der Waals surface area contributed by atoms with Crippen molar-refractivity contribution in [1.82, 2.24) is 15.1 Å². The van der Waals surface area contributed by atoms with Crippen LogP contribution in [0.2, 0.25) is 0 Å². The average molecular weight is 330 g/mol. The van der Waals surface area contributed by atoms with Crippen molar-refractivity contribution in [2.45, 2.75) is 51.2 Å². The largest absolute Gasteiger partial charge is 0.374 e. The highest BCUT2D eigenvalue weighted by Gasteiger charge is 2.36. The summed E-state index contributed by atoms with van der Waals surface area (Å²) in [6.45, 7) is 5.13. The van der Waals surface area contributed by atoms with Crippen molar-refractivity contribution in [1.29, 1.82) is 0 Å². The van der Waals surface area contributed by atoms with Gasteiger partial charge in [0.25, 0.3) is 0 Å². The van der Waals surface area contributed by atoms with E-state index < -0.39 is 0 Å². The maximum atomic E-state index is 6.07. The number of likely N-dealkylation sites (N-methyl/N-ethyl adjacent to an activating group) is 1. The van der Waals surface area contributed by atoms with Crippen LogP contribution in [0, 0.1) is 6.92 Å². The summed E-state index contributed by atoms with van der Waals surface area (Å²) in [6, 6.07) is 0.305. The topological polar surface area (TPSA) is 39.1 Å². The molecule has 1 fully saturated rings. The van der Waals surface area contributed by atoms with E-state index >= 15 is 0 Å². The minimum absolute atomic E-state index is 0.0788. The van der Waals surface area contributed by atoms with E-state index in [1.165, 1.54) is 18.5 Å². The van der Waals surface area contributed by atoms with Gasteiger partial charge >= 0.3 is 0 Å². The zero-order valence-electron chi connectivity index (χ0n) is 12.3. The van der Waals surface area contributed by atoms with Gasteiger partial charge in [-0.15, -0.1) is 0 Å². The maximum Gasteiger partial charge on any atom is 0.0810 e. The third kappa shape index (κ3) is 3.03. The van der Waals surface area contributed by atoms with Gasteiger partial charge in [-0.05, 0) is 56.1 Å². The molecule has 2 rings (SSSR count). The fraction of sp³-hybridized carbons (Fsp3) is 0.786. The van der Waals surface area contributed by atoms with Gasteiger partial charge in [-0.2, -0.15) is 5.10 Å². The molecule has 5 heteroatoms. The number of ether oxygens (including phenoxy) is 1. The molecule has 4 nitrogen and oxygen atoms in total. The highest BCUT2D eigenvalue weighted by molar-refractivity contribution is 9.10. The number of aromatic nitrogens is 2. The molecule has 0 aromatic carbocycles. The van der Waals surface area contributed by atoms with Gasteiger partial charge < -0.3 is 10.1 Å². The predicted molar refractivity (Wildman–Crippen MR) is 80.4 cm³/mol. The third-order valence-electron chi connectivity index (χ3n) is 4.24. The van der Waals surface area contributed by atoms with Crippen LogP contribution in [0.15, 0.2) is 4.47 Å². The summed E-state index contributed by atoms with van der Waals surface area (Å²) in [5.41, 5.74) is 2.19. The van der Waals surface area contributed by atoms with Gasteiger partial charge in [0.15, 0.2) is 0 Å². The summed E-state index contributed by atoms with van der Waals surface area (Å²) >= 11 is 3.65. The summed E-state index contributed by atoms with van der Waals surface area (Å²) in [4.78, 5) is 0. The zero-order valence-corrected chi connectivity index (χ0v) is 13.9. The molecule has 0 aliphatic carbocycles. The van der Waals surface area contributed by atoms with Crippen molar-refractivity contribution >= 4 is 15.9 Å². The Morgan fingerprint density at radius 3 is 2.74 bits per heavy atom. The fourth-order valence-electron chi connectivity index (χ4n) is 2.95. The Kier molecular flexibility index (Phi) is 4.69. The van der Waals surface area contributed by atoms with Crippen LogP contribution in [0.25, 0.3) is 0 Å². The molecule has 1 aliphatic heterocycles. The second-order valence-corrected chi connectivity index (χ2v) is 6.43. The molecule has 0 saturated carbocycles. The second-order valence-electron chi connectivity index (χ2n) is 5.63. The Morgan fingerprint density at radius 1 is 1.53 bits per heavy atom. The van der Waals surface area contributed by atoms with Crippen LogP contribution >= 0.6 is 15.9 Å². The number of hydrogen-bond donors (Lipinski definition) is 1. The van der Waals surface area contributed by atoms with E-state index in [1.807, 2.05) is 25.7 Å². The quantitative estimate of drug-likeness (QED) is 0.922. The second kappa shape index (κ2) is 5.94. The first-order valence-electron chi connectivity index (χ1n) is 6.97. The normalized spacial score (nSPS) is 25.5. The summed E-state index contributed by atoms with van der Waals surface area (Å²) in [6.07, 6.45) is 4.47. The SMILES string of the molecule is CNC(Cc1c(Br)c(C)nn1C)C1(C)CCCCO1. The highest BCUT2D eigenvalue weighted by Crippen LogP contribution is 2.31. The first-order valence-corrected chi connectivity index (χ1v) is 7.76. The van der Waals surface area contributed by atoms with E-state index in [4.69, 9.17) is 4.74 Å². The van der Waals surface area contributed by atoms with Crippen LogP contribution in [0.4, 0.5) is 0 Å². The molecular weight excluding hydrogens is 306 g/mol. The predicted octanol–water partition coefficient (Wildman–Crippen LogP) is 2.58. The molecule has 1 saturated heterocycles. The van der Waals surface area contributed by atoms with E-state index in [2.05, 4.69) is 33.3 Å².